The van der Waals surface area contributed by atoms with E-state index in [0.29, 0.717) is 18.3 Å². The molecule has 0 bridgehead atoms. The number of benzene rings is 1. The van der Waals surface area contributed by atoms with Gasteiger partial charge >= 0.3 is 0 Å². The second-order valence-electron chi connectivity index (χ2n) is 6.90. The van der Waals surface area contributed by atoms with Crippen LogP contribution in [-0.2, 0) is 11.3 Å². The molecule has 1 aliphatic carbocycles. The highest BCUT2D eigenvalue weighted by atomic mass is 16.6. The standard InChI is InChI=1S/C18H26N4O3/c1-19-15-8-7-13(11-17(15)22(24)25)12-20-16-9-10-21(18(16)23)14-5-3-2-4-6-14/h7-8,11,14,16,19-20H,2-6,9-10,12H2,1H3/t16-/m1/s1. The van der Waals surface area contributed by atoms with Gasteiger partial charge in [0.1, 0.15) is 5.69 Å². The molecule has 0 spiro atoms. The first-order chi connectivity index (χ1) is 12.1. The van der Waals surface area contributed by atoms with E-state index in [4.69, 9.17) is 0 Å². The number of nitro benzene ring substituents is 1. The SMILES string of the molecule is CNc1ccc(CN[C@@H]2CCN(C3CCCCC3)C2=O)cc1[N+](=O)[O-]. The molecule has 1 saturated carbocycles. The van der Waals surface area contributed by atoms with Crippen molar-refractivity contribution in [1.82, 2.24) is 10.2 Å². The third-order valence-electron chi connectivity index (χ3n) is 5.34. The number of hydrogen-bond donors (Lipinski definition) is 2. The Morgan fingerprint density at radius 2 is 2.00 bits per heavy atom. The van der Waals surface area contributed by atoms with E-state index in [2.05, 4.69) is 10.6 Å². The zero-order chi connectivity index (χ0) is 17.8. The Hall–Kier alpha value is -2.15. The number of hydrogen-bond acceptors (Lipinski definition) is 5. The van der Waals surface area contributed by atoms with Gasteiger partial charge in [0.15, 0.2) is 0 Å². The molecule has 1 aromatic rings. The number of anilines is 1. The van der Waals surface area contributed by atoms with Gasteiger partial charge in [0.2, 0.25) is 5.91 Å². The summed E-state index contributed by atoms with van der Waals surface area (Å²) in [4.78, 5) is 25.5. The molecule has 136 valence electrons. The van der Waals surface area contributed by atoms with E-state index in [1.165, 1.54) is 19.3 Å². The number of nitrogens with zero attached hydrogens (tertiary/aromatic N) is 2. The summed E-state index contributed by atoms with van der Waals surface area (Å²) in [7, 11) is 1.66. The number of nitro groups is 1. The van der Waals surface area contributed by atoms with E-state index < -0.39 is 0 Å². The Morgan fingerprint density at radius 3 is 2.68 bits per heavy atom. The molecule has 25 heavy (non-hydrogen) atoms. The van der Waals surface area contributed by atoms with Crippen LogP contribution >= 0.6 is 0 Å². The van der Waals surface area contributed by atoms with Crippen molar-refractivity contribution in [1.29, 1.82) is 0 Å². The topological polar surface area (TPSA) is 87.5 Å². The summed E-state index contributed by atoms with van der Waals surface area (Å²) in [6.45, 7) is 1.28. The highest BCUT2D eigenvalue weighted by Gasteiger charge is 2.35. The second-order valence-corrected chi connectivity index (χ2v) is 6.90. The minimum Gasteiger partial charge on any atom is -0.383 e. The highest BCUT2D eigenvalue weighted by molar-refractivity contribution is 5.84. The summed E-state index contributed by atoms with van der Waals surface area (Å²) < 4.78 is 0. The minimum atomic E-state index is -0.388. The van der Waals surface area contributed by atoms with Crippen LogP contribution in [0.1, 0.15) is 44.1 Å². The molecule has 0 radical (unpaired) electrons. The Labute approximate surface area is 147 Å². The normalized spacial score (nSPS) is 21.6. The van der Waals surface area contributed by atoms with Gasteiger partial charge in [0.05, 0.1) is 11.0 Å². The molecule has 1 atom stereocenters. The molecular weight excluding hydrogens is 320 g/mol. The van der Waals surface area contributed by atoms with E-state index in [1.54, 1.807) is 19.2 Å². The van der Waals surface area contributed by atoms with Gasteiger partial charge in [-0.25, -0.2) is 0 Å². The zero-order valence-corrected chi connectivity index (χ0v) is 14.7. The van der Waals surface area contributed by atoms with Crippen molar-refractivity contribution in [3.63, 3.8) is 0 Å². The number of carbonyl (C=O) groups excluding carboxylic acids is 1. The molecule has 7 heteroatoms. The van der Waals surface area contributed by atoms with Crippen molar-refractivity contribution in [3.8, 4) is 0 Å². The third-order valence-corrected chi connectivity index (χ3v) is 5.34. The molecule has 0 unspecified atom stereocenters. The largest absolute Gasteiger partial charge is 0.383 e. The van der Waals surface area contributed by atoms with Crippen molar-refractivity contribution < 1.29 is 9.72 Å². The monoisotopic (exact) mass is 346 g/mol. The van der Waals surface area contributed by atoms with Gasteiger partial charge < -0.3 is 15.5 Å². The molecule has 2 aliphatic rings. The summed E-state index contributed by atoms with van der Waals surface area (Å²) in [5, 5.41) is 17.3. The number of amides is 1. The van der Waals surface area contributed by atoms with E-state index in [-0.39, 0.29) is 22.6 Å². The van der Waals surface area contributed by atoms with E-state index in [0.717, 1.165) is 31.4 Å². The molecule has 1 saturated heterocycles. The lowest BCUT2D eigenvalue weighted by molar-refractivity contribution is -0.384. The predicted molar refractivity (Wildman–Crippen MR) is 96.5 cm³/mol. The maximum atomic E-state index is 12.6. The van der Waals surface area contributed by atoms with Crippen molar-refractivity contribution in [3.05, 3.63) is 33.9 Å². The van der Waals surface area contributed by atoms with Crippen LogP contribution in [0.3, 0.4) is 0 Å². The summed E-state index contributed by atoms with van der Waals surface area (Å²) in [5.74, 6) is 0.188. The quantitative estimate of drug-likeness (QED) is 0.611. The molecule has 3 rings (SSSR count). The second kappa shape index (κ2) is 7.82. The molecular formula is C18H26N4O3. The van der Waals surface area contributed by atoms with Crippen LogP contribution in [0.25, 0.3) is 0 Å². The van der Waals surface area contributed by atoms with Crippen LogP contribution in [0.4, 0.5) is 11.4 Å². The van der Waals surface area contributed by atoms with Gasteiger partial charge in [-0.1, -0.05) is 25.3 Å². The fourth-order valence-corrected chi connectivity index (χ4v) is 3.94. The number of rotatable bonds is 6. The molecule has 7 nitrogen and oxygen atoms in total. The zero-order valence-electron chi connectivity index (χ0n) is 14.7. The predicted octanol–water partition coefficient (Wildman–Crippen LogP) is 2.66. The first-order valence-corrected chi connectivity index (χ1v) is 9.09. The molecule has 1 amide bonds. The molecule has 2 fully saturated rings. The van der Waals surface area contributed by atoms with Crippen LogP contribution < -0.4 is 10.6 Å². The molecule has 1 aromatic carbocycles. The molecule has 2 N–H and O–H groups in total. The van der Waals surface area contributed by atoms with Crippen molar-refractivity contribution >= 4 is 17.3 Å². The van der Waals surface area contributed by atoms with Crippen LogP contribution in [0.2, 0.25) is 0 Å². The first-order valence-electron chi connectivity index (χ1n) is 9.09. The molecule has 0 aromatic heterocycles. The van der Waals surface area contributed by atoms with E-state index in [1.807, 2.05) is 11.0 Å². The molecule has 1 heterocycles. The van der Waals surface area contributed by atoms with Crippen LogP contribution in [0.5, 0.6) is 0 Å². The summed E-state index contributed by atoms with van der Waals surface area (Å²) in [5.41, 5.74) is 1.37. The van der Waals surface area contributed by atoms with E-state index >= 15 is 0 Å². The number of nitrogens with one attached hydrogen (secondary N) is 2. The maximum absolute atomic E-state index is 12.6. The fraction of sp³-hybridized carbons (Fsp3) is 0.611. The maximum Gasteiger partial charge on any atom is 0.292 e. The van der Waals surface area contributed by atoms with Gasteiger partial charge in [0.25, 0.3) is 5.69 Å². The lowest BCUT2D eigenvalue weighted by Crippen LogP contribution is -2.43. The average Bonchev–Trinajstić information content (AvgIpc) is 3.01. The minimum absolute atomic E-state index is 0.0587. The van der Waals surface area contributed by atoms with Crippen LogP contribution in [0.15, 0.2) is 18.2 Å². The summed E-state index contributed by atoms with van der Waals surface area (Å²) in [6.07, 6.45) is 6.77. The smallest absolute Gasteiger partial charge is 0.292 e. The Bertz CT molecular complexity index is 643. The highest BCUT2D eigenvalue weighted by Crippen LogP contribution is 2.27. The Morgan fingerprint density at radius 1 is 1.24 bits per heavy atom. The van der Waals surface area contributed by atoms with Gasteiger partial charge in [-0.3, -0.25) is 14.9 Å². The summed E-state index contributed by atoms with van der Waals surface area (Å²) in [6, 6.07) is 5.36. The summed E-state index contributed by atoms with van der Waals surface area (Å²) >= 11 is 0. The van der Waals surface area contributed by atoms with Gasteiger partial charge in [0, 0.05) is 32.2 Å². The first kappa shape index (κ1) is 17.7. The molecule has 1 aliphatic heterocycles. The number of carbonyl (C=O) groups is 1. The van der Waals surface area contributed by atoms with Crippen molar-refractivity contribution in [2.45, 2.75) is 57.2 Å². The van der Waals surface area contributed by atoms with Gasteiger partial charge in [-0.15, -0.1) is 0 Å². The van der Waals surface area contributed by atoms with Gasteiger partial charge in [-0.2, -0.15) is 0 Å². The average molecular weight is 346 g/mol. The third kappa shape index (κ3) is 3.92. The fourth-order valence-electron chi connectivity index (χ4n) is 3.94. The number of likely N-dealkylation sites (tertiary alicyclic amines) is 1. The van der Waals surface area contributed by atoms with Gasteiger partial charge in [-0.05, 0) is 30.9 Å². The lowest BCUT2D eigenvalue weighted by atomic mass is 9.94. The van der Waals surface area contributed by atoms with Crippen LogP contribution in [0, 0.1) is 10.1 Å². The Balaban J connectivity index is 1.59. The van der Waals surface area contributed by atoms with Crippen molar-refractivity contribution in [2.24, 2.45) is 0 Å². The van der Waals surface area contributed by atoms with Crippen molar-refractivity contribution in [2.75, 3.05) is 18.9 Å². The Kier molecular flexibility index (Phi) is 5.53. The van der Waals surface area contributed by atoms with Crippen LogP contribution in [-0.4, -0.2) is 41.4 Å². The lowest BCUT2D eigenvalue weighted by Gasteiger charge is -2.31. The van der Waals surface area contributed by atoms with E-state index in [9.17, 15) is 14.9 Å².